The van der Waals surface area contributed by atoms with Crippen molar-refractivity contribution in [1.29, 1.82) is 0 Å². The Kier molecular flexibility index (Phi) is 4.52. The number of carbonyl (C=O) groups excluding carboxylic acids is 1. The van der Waals surface area contributed by atoms with Gasteiger partial charge in [0.15, 0.2) is 0 Å². The zero-order valence-corrected chi connectivity index (χ0v) is 14.7. The molecule has 2 aromatic heterocycles. The first kappa shape index (κ1) is 15.9. The standard InChI is InChI=1S/C19H20N4OS/c24-19(23-8-2-5-18(23)16-6-10-25-13-16)21-17-4-1-3-15(11-17)12-22-9-7-20-14-22/h1,3-4,6-7,9-11,13-14,18H,2,5,8,12H2,(H,21,24)/t18-/m1/s1. The predicted octanol–water partition coefficient (Wildman–Crippen LogP) is 4.36. The summed E-state index contributed by atoms with van der Waals surface area (Å²) in [6.45, 7) is 1.55. The minimum atomic E-state index is -0.0199. The summed E-state index contributed by atoms with van der Waals surface area (Å²) in [4.78, 5) is 18.8. The van der Waals surface area contributed by atoms with Crippen LogP contribution in [0.4, 0.5) is 10.5 Å². The lowest BCUT2D eigenvalue weighted by Gasteiger charge is -2.24. The van der Waals surface area contributed by atoms with Crippen LogP contribution in [0.1, 0.15) is 30.0 Å². The predicted molar refractivity (Wildman–Crippen MR) is 99.8 cm³/mol. The quantitative estimate of drug-likeness (QED) is 0.758. The number of rotatable bonds is 4. The molecule has 4 rings (SSSR count). The maximum absolute atomic E-state index is 12.8. The maximum atomic E-state index is 12.8. The van der Waals surface area contributed by atoms with E-state index in [4.69, 9.17) is 0 Å². The first-order chi connectivity index (χ1) is 12.3. The van der Waals surface area contributed by atoms with Gasteiger partial charge in [0, 0.05) is 31.2 Å². The summed E-state index contributed by atoms with van der Waals surface area (Å²) in [5.74, 6) is 0. The molecule has 1 saturated heterocycles. The molecule has 0 radical (unpaired) electrons. The molecule has 0 aliphatic carbocycles. The molecule has 1 fully saturated rings. The molecule has 2 amide bonds. The van der Waals surface area contributed by atoms with Crippen molar-refractivity contribution in [2.45, 2.75) is 25.4 Å². The minimum absolute atomic E-state index is 0.0199. The third-order valence-electron chi connectivity index (χ3n) is 4.54. The number of carbonyl (C=O) groups is 1. The summed E-state index contributed by atoms with van der Waals surface area (Å²) >= 11 is 1.68. The summed E-state index contributed by atoms with van der Waals surface area (Å²) in [5, 5.41) is 7.27. The van der Waals surface area contributed by atoms with Gasteiger partial charge in [-0.2, -0.15) is 11.3 Å². The molecule has 128 valence electrons. The zero-order valence-electron chi connectivity index (χ0n) is 13.8. The number of benzene rings is 1. The number of anilines is 1. The number of hydrogen-bond donors (Lipinski definition) is 1. The Labute approximate surface area is 150 Å². The molecule has 0 saturated carbocycles. The Balaban J connectivity index is 1.45. The van der Waals surface area contributed by atoms with E-state index in [1.165, 1.54) is 5.56 Å². The van der Waals surface area contributed by atoms with Gasteiger partial charge in [0.25, 0.3) is 0 Å². The van der Waals surface area contributed by atoms with Crippen molar-refractivity contribution in [2.24, 2.45) is 0 Å². The second-order valence-corrected chi connectivity index (χ2v) is 7.05. The van der Waals surface area contributed by atoms with E-state index in [1.54, 1.807) is 23.9 Å². The van der Waals surface area contributed by atoms with Crippen LogP contribution < -0.4 is 5.32 Å². The summed E-state index contributed by atoms with van der Waals surface area (Å²) in [6.07, 6.45) is 7.57. The summed E-state index contributed by atoms with van der Waals surface area (Å²) < 4.78 is 2.01. The molecule has 1 aliphatic rings. The Morgan fingerprint density at radius 3 is 3.12 bits per heavy atom. The topological polar surface area (TPSA) is 50.2 Å². The van der Waals surface area contributed by atoms with Gasteiger partial charge in [0.1, 0.15) is 0 Å². The van der Waals surface area contributed by atoms with Crippen molar-refractivity contribution < 1.29 is 4.79 Å². The molecule has 3 aromatic rings. The lowest BCUT2D eigenvalue weighted by atomic mass is 10.1. The fraction of sp³-hybridized carbons (Fsp3) is 0.263. The largest absolute Gasteiger partial charge is 0.333 e. The fourth-order valence-electron chi connectivity index (χ4n) is 3.35. The van der Waals surface area contributed by atoms with Gasteiger partial charge in [-0.15, -0.1) is 0 Å². The van der Waals surface area contributed by atoms with Gasteiger partial charge in [-0.25, -0.2) is 9.78 Å². The van der Waals surface area contributed by atoms with Gasteiger partial charge >= 0.3 is 6.03 Å². The minimum Gasteiger partial charge on any atom is -0.333 e. The molecule has 25 heavy (non-hydrogen) atoms. The molecule has 6 heteroatoms. The van der Waals surface area contributed by atoms with Crippen LogP contribution in [0.3, 0.4) is 0 Å². The van der Waals surface area contributed by atoms with E-state index in [9.17, 15) is 4.79 Å². The van der Waals surface area contributed by atoms with Gasteiger partial charge in [-0.3, -0.25) is 0 Å². The van der Waals surface area contributed by atoms with Crippen LogP contribution in [0.15, 0.2) is 59.8 Å². The number of imidazole rings is 1. The van der Waals surface area contributed by atoms with Crippen LogP contribution in [0.5, 0.6) is 0 Å². The Morgan fingerprint density at radius 1 is 1.36 bits per heavy atom. The van der Waals surface area contributed by atoms with Gasteiger partial charge in [-0.05, 0) is 52.9 Å². The number of urea groups is 1. The highest BCUT2D eigenvalue weighted by molar-refractivity contribution is 7.08. The molecule has 1 N–H and O–H groups in total. The normalized spacial score (nSPS) is 17.0. The number of hydrogen-bond acceptors (Lipinski definition) is 3. The number of thiophene rings is 1. The van der Waals surface area contributed by atoms with E-state index < -0.39 is 0 Å². The Bertz CT molecular complexity index is 829. The maximum Gasteiger partial charge on any atom is 0.322 e. The van der Waals surface area contributed by atoms with Gasteiger partial charge in [0.05, 0.1) is 12.4 Å². The van der Waals surface area contributed by atoms with Crippen molar-refractivity contribution in [2.75, 3.05) is 11.9 Å². The molecule has 1 aromatic carbocycles. The monoisotopic (exact) mass is 352 g/mol. The van der Waals surface area contributed by atoms with Crippen molar-refractivity contribution >= 4 is 23.1 Å². The van der Waals surface area contributed by atoms with Crippen LogP contribution >= 0.6 is 11.3 Å². The third kappa shape index (κ3) is 3.58. The number of aromatic nitrogens is 2. The molecular weight excluding hydrogens is 332 g/mol. The number of nitrogens with one attached hydrogen (secondary N) is 1. The SMILES string of the molecule is O=C(Nc1cccc(Cn2ccnc2)c1)N1CCC[C@@H]1c1ccsc1. The highest BCUT2D eigenvalue weighted by Gasteiger charge is 2.30. The second-order valence-electron chi connectivity index (χ2n) is 6.27. The molecule has 1 atom stereocenters. The van der Waals surface area contributed by atoms with E-state index in [-0.39, 0.29) is 12.1 Å². The average molecular weight is 352 g/mol. The van der Waals surface area contributed by atoms with Gasteiger partial charge < -0.3 is 14.8 Å². The Hall–Kier alpha value is -2.60. The van der Waals surface area contributed by atoms with E-state index >= 15 is 0 Å². The third-order valence-corrected chi connectivity index (χ3v) is 5.25. The first-order valence-electron chi connectivity index (χ1n) is 8.44. The van der Waals surface area contributed by atoms with E-state index in [2.05, 4.69) is 33.2 Å². The van der Waals surface area contributed by atoms with E-state index in [1.807, 2.05) is 33.9 Å². The highest BCUT2D eigenvalue weighted by Crippen LogP contribution is 2.33. The molecule has 3 heterocycles. The van der Waals surface area contributed by atoms with Crippen LogP contribution in [0.2, 0.25) is 0 Å². The van der Waals surface area contributed by atoms with Crippen LogP contribution in [-0.4, -0.2) is 27.0 Å². The average Bonchev–Trinajstić information content (AvgIpc) is 3.36. The molecule has 0 spiro atoms. The first-order valence-corrected chi connectivity index (χ1v) is 9.38. The Morgan fingerprint density at radius 2 is 2.32 bits per heavy atom. The van der Waals surface area contributed by atoms with Crippen molar-refractivity contribution in [3.63, 3.8) is 0 Å². The van der Waals surface area contributed by atoms with Crippen molar-refractivity contribution in [1.82, 2.24) is 14.5 Å². The summed E-state index contributed by atoms with van der Waals surface area (Å²) in [6, 6.07) is 10.3. The smallest absolute Gasteiger partial charge is 0.322 e. The number of nitrogens with zero attached hydrogens (tertiary/aromatic N) is 3. The summed E-state index contributed by atoms with van der Waals surface area (Å²) in [5.41, 5.74) is 3.21. The number of likely N-dealkylation sites (tertiary alicyclic amines) is 1. The zero-order chi connectivity index (χ0) is 17.1. The molecular formula is C19H20N4OS. The van der Waals surface area contributed by atoms with E-state index in [0.29, 0.717) is 0 Å². The van der Waals surface area contributed by atoms with Crippen LogP contribution in [0.25, 0.3) is 0 Å². The van der Waals surface area contributed by atoms with Gasteiger partial charge in [-0.1, -0.05) is 12.1 Å². The lowest BCUT2D eigenvalue weighted by Crippen LogP contribution is -2.34. The van der Waals surface area contributed by atoms with Crippen LogP contribution in [0, 0.1) is 0 Å². The summed E-state index contributed by atoms with van der Waals surface area (Å²) in [7, 11) is 0. The van der Waals surface area contributed by atoms with Crippen molar-refractivity contribution in [3.05, 3.63) is 70.9 Å². The number of amides is 2. The van der Waals surface area contributed by atoms with Gasteiger partial charge in [0.2, 0.25) is 0 Å². The van der Waals surface area contributed by atoms with Crippen molar-refractivity contribution in [3.8, 4) is 0 Å². The lowest BCUT2D eigenvalue weighted by molar-refractivity contribution is 0.207. The fourth-order valence-corrected chi connectivity index (χ4v) is 4.06. The molecule has 5 nitrogen and oxygen atoms in total. The molecule has 0 unspecified atom stereocenters. The molecule has 0 bridgehead atoms. The van der Waals surface area contributed by atoms with E-state index in [0.717, 1.165) is 37.2 Å². The highest BCUT2D eigenvalue weighted by atomic mass is 32.1. The second kappa shape index (κ2) is 7.11. The van der Waals surface area contributed by atoms with Crippen LogP contribution in [-0.2, 0) is 6.54 Å². The molecule has 1 aliphatic heterocycles.